The number of carbonyl (C=O) groups excluding carboxylic acids is 1. The van der Waals surface area contributed by atoms with E-state index in [9.17, 15) is 13.2 Å². The number of benzene rings is 2. The first-order valence-electron chi connectivity index (χ1n) is 8.66. The van der Waals surface area contributed by atoms with Crippen LogP contribution in [0.3, 0.4) is 0 Å². The van der Waals surface area contributed by atoms with Crippen molar-refractivity contribution in [2.24, 2.45) is 0 Å². The fourth-order valence-electron chi connectivity index (χ4n) is 2.65. The van der Waals surface area contributed by atoms with Crippen molar-refractivity contribution in [1.82, 2.24) is 9.21 Å². The minimum Gasteiger partial charge on any atom is -0.342 e. The molecule has 28 heavy (non-hydrogen) atoms. The molecule has 0 unspecified atom stereocenters. The van der Waals surface area contributed by atoms with Gasteiger partial charge in [-0.15, -0.1) is 0 Å². The zero-order valence-electron chi connectivity index (χ0n) is 15.5. The summed E-state index contributed by atoms with van der Waals surface area (Å²) in [6.07, 6.45) is 0. The summed E-state index contributed by atoms with van der Waals surface area (Å²) < 4.78 is 27.5. The van der Waals surface area contributed by atoms with Gasteiger partial charge in [-0.1, -0.05) is 40.9 Å². The number of likely N-dealkylation sites (N-methyl/N-ethyl adjacent to an activating group) is 1. The van der Waals surface area contributed by atoms with Crippen LogP contribution in [0.15, 0.2) is 47.4 Å². The van der Waals surface area contributed by atoms with E-state index in [1.165, 1.54) is 30.3 Å². The zero-order chi connectivity index (χ0) is 20.9. The average Bonchev–Trinajstić information content (AvgIpc) is 2.64. The molecule has 2 rings (SSSR count). The summed E-state index contributed by atoms with van der Waals surface area (Å²) in [5.41, 5.74) is 0.552. The predicted octanol–water partition coefficient (Wildman–Crippen LogP) is 4.71. The predicted molar refractivity (Wildman–Crippen MR) is 113 cm³/mol. The molecule has 0 saturated heterocycles. The summed E-state index contributed by atoms with van der Waals surface area (Å²) in [7, 11) is -3.95. The van der Waals surface area contributed by atoms with Gasteiger partial charge in [-0.05, 0) is 55.8 Å². The van der Waals surface area contributed by atoms with Gasteiger partial charge < -0.3 is 4.90 Å². The standard InChI is InChI=1S/C19H21Cl3N2O3S/c1-3-23(4-2)19(25)13-24(12-14-5-6-16(21)11-18(14)22)28(26,27)17-9-7-15(20)8-10-17/h5-11H,3-4,12-13H2,1-2H3. The second-order valence-corrected chi connectivity index (χ2v) is 9.25. The van der Waals surface area contributed by atoms with Gasteiger partial charge in [-0.3, -0.25) is 4.79 Å². The van der Waals surface area contributed by atoms with Crippen LogP contribution < -0.4 is 0 Å². The molecule has 0 fully saturated rings. The lowest BCUT2D eigenvalue weighted by molar-refractivity contribution is -0.131. The molecule has 2 aromatic rings. The maximum atomic E-state index is 13.2. The Kier molecular flexibility index (Phi) is 8.16. The summed E-state index contributed by atoms with van der Waals surface area (Å²) in [4.78, 5) is 14.2. The highest BCUT2D eigenvalue weighted by molar-refractivity contribution is 7.89. The van der Waals surface area contributed by atoms with Crippen molar-refractivity contribution in [2.75, 3.05) is 19.6 Å². The van der Waals surface area contributed by atoms with Crippen LogP contribution in [-0.4, -0.2) is 43.2 Å². The molecular weight excluding hydrogens is 443 g/mol. The van der Waals surface area contributed by atoms with E-state index in [0.717, 1.165) is 4.31 Å². The molecule has 0 aromatic heterocycles. The van der Waals surface area contributed by atoms with Gasteiger partial charge >= 0.3 is 0 Å². The SMILES string of the molecule is CCN(CC)C(=O)CN(Cc1ccc(Cl)cc1Cl)S(=O)(=O)c1ccc(Cl)cc1. The fraction of sp³-hybridized carbons (Fsp3) is 0.316. The third-order valence-corrected chi connectivity index (χ3v) is 6.89. The lowest BCUT2D eigenvalue weighted by Crippen LogP contribution is -2.42. The van der Waals surface area contributed by atoms with Crippen LogP contribution in [0.25, 0.3) is 0 Å². The number of hydrogen-bond donors (Lipinski definition) is 0. The average molecular weight is 464 g/mol. The highest BCUT2D eigenvalue weighted by Crippen LogP contribution is 2.26. The molecule has 152 valence electrons. The minimum absolute atomic E-state index is 0.0503. The number of sulfonamides is 1. The summed E-state index contributed by atoms with van der Waals surface area (Å²) in [6.45, 7) is 4.31. The van der Waals surface area contributed by atoms with Crippen molar-refractivity contribution in [3.05, 3.63) is 63.1 Å². The van der Waals surface area contributed by atoms with Crippen LogP contribution in [0.1, 0.15) is 19.4 Å². The first kappa shape index (κ1) is 23.0. The summed E-state index contributed by atoms with van der Waals surface area (Å²) in [5.74, 6) is -0.285. The molecule has 2 aromatic carbocycles. The Morgan fingerprint density at radius 3 is 2.04 bits per heavy atom. The number of carbonyl (C=O) groups is 1. The van der Waals surface area contributed by atoms with Crippen LogP contribution in [0.5, 0.6) is 0 Å². The number of hydrogen-bond acceptors (Lipinski definition) is 3. The van der Waals surface area contributed by atoms with Gasteiger partial charge in [0.25, 0.3) is 0 Å². The number of rotatable bonds is 8. The van der Waals surface area contributed by atoms with Crippen molar-refractivity contribution in [3.8, 4) is 0 Å². The molecule has 0 aliphatic carbocycles. The Morgan fingerprint density at radius 1 is 0.929 bits per heavy atom. The second-order valence-electron chi connectivity index (χ2n) is 6.03. The fourth-order valence-corrected chi connectivity index (χ4v) is 4.61. The maximum Gasteiger partial charge on any atom is 0.243 e. The smallest absolute Gasteiger partial charge is 0.243 e. The van der Waals surface area contributed by atoms with Crippen molar-refractivity contribution < 1.29 is 13.2 Å². The largest absolute Gasteiger partial charge is 0.342 e. The van der Waals surface area contributed by atoms with Crippen LogP contribution in [0, 0.1) is 0 Å². The lowest BCUT2D eigenvalue weighted by atomic mass is 10.2. The Hall–Kier alpha value is -1.31. The van der Waals surface area contributed by atoms with Crippen molar-refractivity contribution >= 4 is 50.7 Å². The monoisotopic (exact) mass is 462 g/mol. The highest BCUT2D eigenvalue weighted by atomic mass is 35.5. The summed E-state index contributed by atoms with van der Waals surface area (Å²) >= 11 is 18.0. The van der Waals surface area contributed by atoms with Gasteiger partial charge in [0.15, 0.2) is 0 Å². The summed E-state index contributed by atoms with van der Waals surface area (Å²) in [5, 5.41) is 1.20. The molecule has 0 heterocycles. The van der Waals surface area contributed by atoms with Gasteiger partial charge in [0.2, 0.25) is 15.9 Å². The maximum absolute atomic E-state index is 13.2. The van der Waals surface area contributed by atoms with E-state index in [1.807, 2.05) is 13.8 Å². The van der Waals surface area contributed by atoms with Crippen molar-refractivity contribution in [3.63, 3.8) is 0 Å². The Bertz CT molecular complexity index is 930. The molecule has 0 bridgehead atoms. The zero-order valence-corrected chi connectivity index (χ0v) is 18.6. The van der Waals surface area contributed by atoms with Gasteiger partial charge in [0.1, 0.15) is 0 Å². The van der Waals surface area contributed by atoms with Gasteiger partial charge in [-0.2, -0.15) is 4.31 Å². The molecule has 0 radical (unpaired) electrons. The van der Waals surface area contributed by atoms with E-state index in [4.69, 9.17) is 34.8 Å². The molecular formula is C19H21Cl3N2O3S. The van der Waals surface area contributed by atoms with E-state index in [-0.39, 0.29) is 23.9 Å². The molecule has 0 aliphatic heterocycles. The molecule has 5 nitrogen and oxygen atoms in total. The Balaban J connectivity index is 2.42. The first-order valence-corrected chi connectivity index (χ1v) is 11.2. The molecule has 9 heteroatoms. The molecule has 0 aliphatic rings. The van der Waals surface area contributed by atoms with E-state index in [0.29, 0.717) is 33.7 Å². The van der Waals surface area contributed by atoms with Crippen molar-refractivity contribution in [2.45, 2.75) is 25.3 Å². The number of amides is 1. The molecule has 0 spiro atoms. The molecule has 1 amide bonds. The molecule has 0 atom stereocenters. The van der Waals surface area contributed by atoms with Crippen LogP contribution in [0.4, 0.5) is 0 Å². The van der Waals surface area contributed by atoms with Crippen LogP contribution in [-0.2, 0) is 21.4 Å². The second kappa shape index (κ2) is 9.94. The van der Waals surface area contributed by atoms with Gasteiger partial charge in [0.05, 0.1) is 11.4 Å². The van der Waals surface area contributed by atoms with E-state index in [1.54, 1.807) is 17.0 Å². The van der Waals surface area contributed by atoms with Crippen LogP contribution in [0.2, 0.25) is 15.1 Å². The third kappa shape index (κ3) is 5.61. The quantitative estimate of drug-likeness (QED) is 0.570. The third-order valence-electron chi connectivity index (χ3n) is 4.24. The van der Waals surface area contributed by atoms with E-state index in [2.05, 4.69) is 0 Å². The Morgan fingerprint density at radius 2 is 1.50 bits per heavy atom. The minimum atomic E-state index is -3.95. The number of nitrogens with zero attached hydrogens (tertiary/aromatic N) is 2. The van der Waals surface area contributed by atoms with Crippen LogP contribution >= 0.6 is 34.8 Å². The van der Waals surface area contributed by atoms with E-state index >= 15 is 0 Å². The van der Waals surface area contributed by atoms with Gasteiger partial charge in [0, 0.05) is 34.7 Å². The molecule has 0 N–H and O–H groups in total. The van der Waals surface area contributed by atoms with Crippen molar-refractivity contribution in [1.29, 1.82) is 0 Å². The summed E-state index contributed by atoms with van der Waals surface area (Å²) in [6, 6.07) is 10.6. The topological polar surface area (TPSA) is 57.7 Å². The van der Waals surface area contributed by atoms with Gasteiger partial charge in [-0.25, -0.2) is 8.42 Å². The molecule has 0 saturated carbocycles. The normalized spacial score (nSPS) is 11.6. The first-order chi connectivity index (χ1) is 13.2. The van der Waals surface area contributed by atoms with E-state index < -0.39 is 10.0 Å². The Labute approximate surface area is 180 Å². The highest BCUT2D eigenvalue weighted by Gasteiger charge is 2.28. The lowest BCUT2D eigenvalue weighted by Gasteiger charge is -2.26. The number of halogens is 3.